The summed E-state index contributed by atoms with van der Waals surface area (Å²) in [5.41, 5.74) is 5.02. The van der Waals surface area contributed by atoms with Crippen molar-refractivity contribution in [2.24, 2.45) is 11.0 Å². The molecule has 0 heterocycles. The van der Waals surface area contributed by atoms with Gasteiger partial charge in [-0.05, 0) is 55.2 Å². The van der Waals surface area contributed by atoms with E-state index in [0.29, 0.717) is 41.0 Å². The average Bonchev–Trinajstić information content (AvgIpc) is 2.71. The van der Waals surface area contributed by atoms with E-state index in [1.54, 1.807) is 37.3 Å². The van der Waals surface area contributed by atoms with Gasteiger partial charge in [0.15, 0.2) is 11.5 Å². The first-order valence-electron chi connectivity index (χ1n) is 9.83. The van der Waals surface area contributed by atoms with Crippen molar-refractivity contribution in [2.45, 2.75) is 34.1 Å². The van der Waals surface area contributed by atoms with Crippen LogP contribution in [0.1, 0.15) is 50.0 Å². The molecule has 0 spiro atoms. The molecule has 0 saturated carbocycles. The molecule has 2 N–H and O–H groups in total. The summed E-state index contributed by atoms with van der Waals surface area (Å²) in [6, 6.07) is 12.3. The first-order valence-corrected chi connectivity index (χ1v) is 9.83. The lowest BCUT2D eigenvalue weighted by molar-refractivity contribution is -0.114. The predicted octanol–water partition coefficient (Wildman–Crippen LogP) is 4.23. The van der Waals surface area contributed by atoms with Gasteiger partial charge in [0.05, 0.1) is 19.4 Å². The predicted molar refractivity (Wildman–Crippen MR) is 118 cm³/mol. The highest BCUT2D eigenvalue weighted by atomic mass is 16.5. The molecule has 2 amide bonds. The van der Waals surface area contributed by atoms with Crippen LogP contribution in [-0.4, -0.2) is 31.2 Å². The molecule has 2 rings (SSSR count). The number of nitrogens with one attached hydrogen (secondary N) is 2. The molecule has 0 bridgehead atoms. The van der Waals surface area contributed by atoms with Crippen molar-refractivity contribution in [3.8, 4) is 11.5 Å². The Labute approximate surface area is 177 Å². The van der Waals surface area contributed by atoms with E-state index in [2.05, 4.69) is 29.7 Å². The van der Waals surface area contributed by atoms with E-state index in [1.165, 1.54) is 14.0 Å². The summed E-state index contributed by atoms with van der Waals surface area (Å²) in [5.74, 6) is 1.13. The van der Waals surface area contributed by atoms with E-state index in [-0.39, 0.29) is 11.8 Å². The minimum absolute atomic E-state index is 0.152. The number of hydrogen-bond donors (Lipinski definition) is 2. The monoisotopic (exact) mass is 411 g/mol. The summed E-state index contributed by atoms with van der Waals surface area (Å²) < 4.78 is 11.1. The summed E-state index contributed by atoms with van der Waals surface area (Å²) in [4.78, 5) is 23.7. The van der Waals surface area contributed by atoms with Crippen molar-refractivity contribution in [3.63, 3.8) is 0 Å². The van der Waals surface area contributed by atoms with Crippen molar-refractivity contribution in [1.29, 1.82) is 0 Å². The van der Waals surface area contributed by atoms with Crippen LogP contribution >= 0.6 is 0 Å². The summed E-state index contributed by atoms with van der Waals surface area (Å²) in [6.45, 7) is 8.07. The number of amides is 2. The zero-order valence-corrected chi connectivity index (χ0v) is 18.1. The van der Waals surface area contributed by atoms with Crippen LogP contribution < -0.4 is 20.2 Å². The third kappa shape index (κ3) is 6.92. The highest BCUT2D eigenvalue weighted by Gasteiger charge is 2.11. The number of hydrogen-bond acceptors (Lipinski definition) is 5. The molecule has 0 saturated heterocycles. The third-order valence-corrected chi connectivity index (χ3v) is 4.30. The van der Waals surface area contributed by atoms with Gasteiger partial charge in [0.2, 0.25) is 5.91 Å². The normalized spacial score (nSPS) is 11.2. The second-order valence-electron chi connectivity index (χ2n) is 7.30. The minimum atomic E-state index is -0.362. The van der Waals surface area contributed by atoms with Crippen LogP contribution in [0.15, 0.2) is 47.6 Å². The van der Waals surface area contributed by atoms with Crippen LogP contribution in [0.3, 0.4) is 0 Å². The number of ether oxygens (including phenoxy) is 2. The fraction of sp³-hybridized carbons (Fsp3) is 0.348. The van der Waals surface area contributed by atoms with E-state index in [1.807, 2.05) is 12.1 Å². The zero-order chi connectivity index (χ0) is 22.1. The number of nitrogens with zero attached hydrogens (tertiary/aromatic N) is 1. The lowest BCUT2D eigenvalue weighted by atomic mass is 10.1. The van der Waals surface area contributed by atoms with Crippen molar-refractivity contribution in [1.82, 2.24) is 5.43 Å². The quantitative estimate of drug-likeness (QED) is 0.477. The van der Waals surface area contributed by atoms with Gasteiger partial charge in [-0.15, -0.1) is 0 Å². The fourth-order valence-corrected chi connectivity index (χ4v) is 2.62. The number of hydrazone groups is 1. The van der Waals surface area contributed by atoms with Crippen molar-refractivity contribution in [2.75, 3.05) is 19.0 Å². The van der Waals surface area contributed by atoms with Crippen LogP contribution in [0, 0.1) is 5.92 Å². The van der Waals surface area contributed by atoms with Gasteiger partial charge in [0.1, 0.15) is 0 Å². The van der Waals surface area contributed by atoms with Gasteiger partial charge in [-0.25, -0.2) is 5.43 Å². The maximum atomic E-state index is 12.5. The van der Waals surface area contributed by atoms with E-state index >= 15 is 0 Å². The number of anilines is 1. The maximum Gasteiger partial charge on any atom is 0.271 e. The second kappa shape index (κ2) is 11.0. The molecule has 0 fully saturated rings. The number of rotatable bonds is 9. The SMILES string of the molecule is COc1cc(C(=O)N/N=C(\C)c2cccc(NC(C)=O)c2)ccc1OCCC(C)C. The molecule has 2 aromatic carbocycles. The highest BCUT2D eigenvalue weighted by molar-refractivity contribution is 6.02. The molecule has 0 aromatic heterocycles. The van der Waals surface area contributed by atoms with Crippen molar-refractivity contribution >= 4 is 23.2 Å². The molecule has 0 aliphatic carbocycles. The Morgan fingerprint density at radius 1 is 1.03 bits per heavy atom. The number of benzene rings is 2. The van der Waals surface area contributed by atoms with Crippen LogP contribution in [0.4, 0.5) is 5.69 Å². The Hall–Kier alpha value is -3.35. The van der Waals surface area contributed by atoms with E-state index in [4.69, 9.17) is 9.47 Å². The highest BCUT2D eigenvalue weighted by Crippen LogP contribution is 2.28. The molecular formula is C23H29N3O4. The van der Waals surface area contributed by atoms with Gasteiger partial charge in [0.25, 0.3) is 5.91 Å². The molecule has 7 nitrogen and oxygen atoms in total. The van der Waals surface area contributed by atoms with Crippen molar-refractivity contribution in [3.05, 3.63) is 53.6 Å². The molecular weight excluding hydrogens is 382 g/mol. The lowest BCUT2D eigenvalue weighted by Gasteiger charge is -2.13. The largest absolute Gasteiger partial charge is 0.493 e. The lowest BCUT2D eigenvalue weighted by Crippen LogP contribution is -2.19. The van der Waals surface area contributed by atoms with Crippen LogP contribution in [0.5, 0.6) is 11.5 Å². The third-order valence-electron chi connectivity index (χ3n) is 4.30. The summed E-state index contributed by atoms with van der Waals surface area (Å²) in [5, 5.41) is 6.89. The topological polar surface area (TPSA) is 89.0 Å². The van der Waals surface area contributed by atoms with Crippen LogP contribution in [-0.2, 0) is 4.79 Å². The summed E-state index contributed by atoms with van der Waals surface area (Å²) >= 11 is 0. The van der Waals surface area contributed by atoms with Gasteiger partial charge in [-0.1, -0.05) is 26.0 Å². The van der Waals surface area contributed by atoms with E-state index in [9.17, 15) is 9.59 Å². The standard InChI is InChI=1S/C23H29N3O4/c1-15(2)11-12-30-21-10-9-19(14-22(21)29-5)23(28)26-25-16(3)18-7-6-8-20(13-18)24-17(4)27/h6-10,13-15H,11-12H2,1-5H3,(H,24,27)(H,26,28)/b25-16+. The van der Waals surface area contributed by atoms with Gasteiger partial charge in [-0.3, -0.25) is 9.59 Å². The first kappa shape index (κ1) is 22.9. The molecule has 160 valence electrons. The van der Waals surface area contributed by atoms with Gasteiger partial charge >= 0.3 is 0 Å². The zero-order valence-electron chi connectivity index (χ0n) is 18.1. The van der Waals surface area contributed by atoms with E-state index in [0.717, 1.165) is 12.0 Å². The van der Waals surface area contributed by atoms with Gasteiger partial charge < -0.3 is 14.8 Å². The van der Waals surface area contributed by atoms with Gasteiger partial charge in [0, 0.05) is 18.2 Å². The number of carbonyl (C=O) groups excluding carboxylic acids is 2. The van der Waals surface area contributed by atoms with Gasteiger partial charge in [-0.2, -0.15) is 5.10 Å². The Balaban J connectivity index is 2.07. The van der Waals surface area contributed by atoms with E-state index < -0.39 is 0 Å². The van der Waals surface area contributed by atoms with Crippen molar-refractivity contribution < 1.29 is 19.1 Å². The molecule has 30 heavy (non-hydrogen) atoms. The summed E-state index contributed by atoms with van der Waals surface area (Å²) in [6.07, 6.45) is 0.933. The molecule has 0 atom stereocenters. The summed E-state index contributed by atoms with van der Waals surface area (Å²) in [7, 11) is 1.54. The Kier molecular flexibility index (Phi) is 8.41. The molecule has 0 aliphatic heterocycles. The number of carbonyl (C=O) groups is 2. The Morgan fingerprint density at radius 2 is 1.80 bits per heavy atom. The molecule has 0 aliphatic rings. The molecule has 0 radical (unpaired) electrons. The average molecular weight is 412 g/mol. The minimum Gasteiger partial charge on any atom is -0.493 e. The van der Waals surface area contributed by atoms with Crippen LogP contribution in [0.25, 0.3) is 0 Å². The fourth-order valence-electron chi connectivity index (χ4n) is 2.62. The molecule has 7 heteroatoms. The smallest absolute Gasteiger partial charge is 0.271 e. The second-order valence-corrected chi connectivity index (χ2v) is 7.30. The Morgan fingerprint density at radius 3 is 2.47 bits per heavy atom. The molecule has 0 unspecified atom stereocenters. The number of methoxy groups -OCH3 is 1. The Bertz CT molecular complexity index is 922. The molecule has 2 aromatic rings. The van der Waals surface area contributed by atoms with Crippen LogP contribution in [0.2, 0.25) is 0 Å². The maximum absolute atomic E-state index is 12.5. The first-order chi connectivity index (χ1) is 14.3.